The molecule has 0 fully saturated rings. The van der Waals surface area contributed by atoms with Crippen molar-refractivity contribution in [3.8, 4) is 0 Å². The van der Waals surface area contributed by atoms with Crippen LogP contribution in [0.15, 0.2) is 12.3 Å². The molecular formula is C8H11N3O2. The Kier molecular flexibility index (Phi) is 2.92. The van der Waals surface area contributed by atoms with E-state index in [-0.39, 0.29) is 11.6 Å². The summed E-state index contributed by atoms with van der Waals surface area (Å²) in [6, 6.07) is 1.44. The highest BCUT2D eigenvalue weighted by Gasteiger charge is 2.08. The fraction of sp³-hybridized carbons (Fsp3) is 0.375. The summed E-state index contributed by atoms with van der Waals surface area (Å²) in [7, 11) is 0. The molecule has 0 radical (unpaired) electrons. The van der Waals surface area contributed by atoms with E-state index in [9.17, 15) is 4.79 Å². The Labute approximate surface area is 75.8 Å². The van der Waals surface area contributed by atoms with Crippen molar-refractivity contribution in [2.45, 2.75) is 19.8 Å². The molecule has 0 aromatic carbocycles. The van der Waals surface area contributed by atoms with Crippen LogP contribution >= 0.6 is 0 Å². The second-order valence-electron chi connectivity index (χ2n) is 2.90. The summed E-state index contributed by atoms with van der Waals surface area (Å²) < 4.78 is 0. The second-order valence-corrected chi connectivity index (χ2v) is 2.90. The van der Waals surface area contributed by atoms with Crippen LogP contribution in [-0.2, 0) is 0 Å². The van der Waals surface area contributed by atoms with Crippen molar-refractivity contribution in [2.75, 3.05) is 0 Å². The Morgan fingerprint density at radius 3 is 2.85 bits per heavy atom. The number of carbonyl (C=O) groups excluding carboxylic acids is 1. The maximum atomic E-state index is 10.9. The monoisotopic (exact) mass is 181 g/mol. The van der Waals surface area contributed by atoms with Gasteiger partial charge in [0, 0.05) is 12.1 Å². The summed E-state index contributed by atoms with van der Waals surface area (Å²) in [6.07, 6.45) is 1.49. The molecule has 0 atom stereocenters. The van der Waals surface area contributed by atoms with Crippen LogP contribution in [0, 0.1) is 0 Å². The minimum Gasteiger partial charge on any atom is -0.288 e. The van der Waals surface area contributed by atoms with E-state index in [1.165, 1.54) is 17.7 Å². The van der Waals surface area contributed by atoms with Crippen molar-refractivity contribution in [3.05, 3.63) is 23.8 Å². The second kappa shape index (κ2) is 3.95. The lowest BCUT2D eigenvalue weighted by molar-refractivity contribution is 0.0700. The van der Waals surface area contributed by atoms with E-state index in [1.807, 2.05) is 13.8 Å². The average molecular weight is 181 g/mol. The Hall–Kier alpha value is -1.49. The van der Waals surface area contributed by atoms with Gasteiger partial charge in [0.15, 0.2) is 0 Å². The van der Waals surface area contributed by atoms with Crippen molar-refractivity contribution in [1.82, 2.24) is 15.4 Å². The first-order valence-electron chi connectivity index (χ1n) is 3.92. The predicted octanol–water partition coefficient (Wildman–Crippen LogP) is 0.719. The first-order chi connectivity index (χ1) is 6.15. The van der Waals surface area contributed by atoms with Crippen molar-refractivity contribution < 1.29 is 10.0 Å². The van der Waals surface area contributed by atoms with Gasteiger partial charge in [-0.2, -0.15) is 0 Å². The molecule has 1 rings (SSSR count). The van der Waals surface area contributed by atoms with E-state index < -0.39 is 5.91 Å². The SMILES string of the molecule is CC(C)c1nccc(C(=O)NO)n1. The van der Waals surface area contributed by atoms with Crippen LogP contribution in [0.2, 0.25) is 0 Å². The first-order valence-corrected chi connectivity index (χ1v) is 3.92. The van der Waals surface area contributed by atoms with Gasteiger partial charge in [-0.1, -0.05) is 13.8 Å². The first kappa shape index (κ1) is 9.60. The summed E-state index contributed by atoms with van der Waals surface area (Å²) in [5.41, 5.74) is 1.69. The molecule has 13 heavy (non-hydrogen) atoms. The normalized spacial score (nSPS) is 10.2. The average Bonchev–Trinajstić information content (AvgIpc) is 2.17. The van der Waals surface area contributed by atoms with Crippen molar-refractivity contribution in [1.29, 1.82) is 0 Å². The lowest BCUT2D eigenvalue weighted by atomic mass is 10.2. The molecule has 0 unspecified atom stereocenters. The molecule has 1 heterocycles. The molecule has 0 aliphatic heterocycles. The van der Waals surface area contributed by atoms with Gasteiger partial charge in [0.25, 0.3) is 5.91 Å². The van der Waals surface area contributed by atoms with Crippen LogP contribution in [0.5, 0.6) is 0 Å². The van der Waals surface area contributed by atoms with E-state index in [2.05, 4.69) is 9.97 Å². The van der Waals surface area contributed by atoms with E-state index in [0.717, 1.165) is 0 Å². The van der Waals surface area contributed by atoms with Crippen LogP contribution in [0.3, 0.4) is 0 Å². The number of hydroxylamine groups is 1. The van der Waals surface area contributed by atoms with Crippen LogP contribution in [0.25, 0.3) is 0 Å². The summed E-state index contributed by atoms with van der Waals surface area (Å²) in [5.74, 6) is 0.122. The standard InChI is InChI=1S/C8H11N3O2/c1-5(2)7-9-4-3-6(10-7)8(12)11-13/h3-5,13H,1-2H3,(H,11,12). The number of nitrogens with zero attached hydrogens (tertiary/aromatic N) is 2. The third-order valence-electron chi connectivity index (χ3n) is 1.52. The number of carbonyl (C=O) groups is 1. The van der Waals surface area contributed by atoms with Crippen LogP contribution < -0.4 is 5.48 Å². The van der Waals surface area contributed by atoms with E-state index >= 15 is 0 Å². The quantitative estimate of drug-likeness (QED) is 0.520. The zero-order chi connectivity index (χ0) is 9.84. The summed E-state index contributed by atoms with van der Waals surface area (Å²) in [5, 5.41) is 8.36. The molecule has 0 bridgehead atoms. The molecule has 0 aliphatic rings. The molecule has 2 N–H and O–H groups in total. The molecular weight excluding hydrogens is 170 g/mol. The van der Waals surface area contributed by atoms with E-state index in [0.29, 0.717) is 5.82 Å². The highest BCUT2D eigenvalue weighted by atomic mass is 16.5. The largest absolute Gasteiger partial charge is 0.293 e. The Balaban J connectivity index is 2.98. The van der Waals surface area contributed by atoms with Crippen LogP contribution in [-0.4, -0.2) is 21.1 Å². The third kappa shape index (κ3) is 2.22. The Bertz CT molecular complexity index is 312. The third-order valence-corrected chi connectivity index (χ3v) is 1.52. The molecule has 0 saturated heterocycles. The summed E-state index contributed by atoms with van der Waals surface area (Å²) >= 11 is 0. The van der Waals surface area contributed by atoms with Crippen molar-refractivity contribution >= 4 is 5.91 Å². The minimum absolute atomic E-state index is 0.159. The van der Waals surface area contributed by atoms with Crippen LogP contribution in [0.4, 0.5) is 0 Å². The van der Waals surface area contributed by atoms with Gasteiger partial charge in [0.2, 0.25) is 0 Å². The lowest BCUT2D eigenvalue weighted by Crippen LogP contribution is -2.20. The van der Waals surface area contributed by atoms with Gasteiger partial charge in [0.1, 0.15) is 11.5 Å². The fourth-order valence-electron chi connectivity index (χ4n) is 0.836. The van der Waals surface area contributed by atoms with E-state index in [1.54, 1.807) is 0 Å². The lowest BCUT2D eigenvalue weighted by Gasteiger charge is -2.03. The molecule has 5 heteroatoms. The molecule has 0 spiro atoms. The summed E-state index contributed by atoms with van der Waals surface area (Å²) in [6.45, 7) is 3.85. The van der Waals surface area contributed by atoms with E-state index in [4.69, 9.17) is 5.21 Å². The molecule has 5 nitrogen and oxygen atoms in total. The molecule has 0 aliphatic carbocycles. The van der Waals surface area contributed by atoms with Gasteiger partial charge >= 0.3 is 0 Å². The topological polar surface area (TPSA) is 75.1 Å². The molecule has 1 aromatic rings. The molecule has 0 saturated carbocycles. The number of hydrogen-bond acceptors (Lipinski definition) is 4. The highest BCUT2D eigenvalue weighted by molar-refractivity contribution is 5.91. The smallest absolute Gasteiger partial charge is 0.288 e. The minimum atomic E-state index is -0.621. The number of aromatic nitrogens is 2. The van der Waals surface area contributed by atoms with Gasteiger partial charge in [-0.15, -0.1) is 0 Å². The number of hydrogen-bond donors (Lipinski definition) is 2. The van der Waals surface area contributed by atoms with Gasteiger partial charge in [0.05, 0.1) is 0 Å². The predicted molar refractivity (Wildman–Crippen MR) is 45.4 cm³/mol. The van der Waals surface area contributed by atoms with Gasteiger partial charge in [-0.25, -0.2) is 15.4 Å². The van der Waals surface area contributed by atoms with Gasteiger partial charge in [-0.3, -0.25) is 10.0 Å². The number of rotatable bonds is 2. The maximum absolute atomic E-state index is 10.9. The molecule has 70 valence electrons. The maximum Gasteiger partial charge on any atom is 0.293 e. The number of amides is 1. The zero-order valence-corrected chi connectivity index (χ0v) is 7.48. The number of nitrogens with one attached hydrogen (secondary N) is 1. The highest BCUT2D eigenvalue weighted by Crippen LogP contribution is 2.07. The van der Waals surface area contributed by atoms with Crippen molar-refractivity contribution in [2.24, 2.45) is 0 Å². The molecule has 1 aromatic heterocycles. The van der Waals surface area contributed by atoms with Crippen molar-refractivity contribution in [3.63, 3.8) is 0 Å². The fourth-order valence-corrected chi connectivity index (χ4v) is 0.836. The van der Waals surface area contributed by atoms with Crippen LogP contribution in [0.1, 0.15) is 36.1 Å². The Morgan fingerprint density at radius 1 is 1.62 bits per heavy atom. The zero-order valence-electron chi connectivity index (χ0n) is 7.48. The molecule has 1 amide bonds. The van der Waals surface area contributed by atoms with Gasteiger partial charge in [-0.05, 0) is 6.07 Å². The Morgan fingerprint density at radius 2 is 2.31 bits per heavy atom. The van der Waals surface area contributed by atoms with Gasteiger partial charge < -0.3 is 0 Å². The summed E-state index contributed by atoms with van der Waals surface area (Å²) in [4.78, 5) is 18.9.